The quantitative estimate of drug-likeness (QED) is 0.0627. The van der Waals surface area contributed by atoms with Crippen molar-refractivity contribution < 1.29 is 0 Å². The van der Waals surface area contributed by atoms with Crippen LogP contribution in [0.5, 0.6) is 0 Å². The van der Waals surface area contributed by atoms with Crippen molar-refractivity contribution in [2.75, 3.05) is 9.80 Å². The predicted octanol–water partition coefficient (Wildman–Crippen LogP) is 27.2. The summed E-state index contributed by atoms with van der Waals surface area (Å²) in [5.41, 5.74) is 33.2. The molecule has 0 amide bonds. The van der Waals surface area contributed by atoms with Crippen LogP contribution in [0.15, 0.2) is 491 Å². The van der Waals surface area contributed by atoms with E-state index < -0.39 is 16.1 Å². The molecule has 3 nitrogen and oxygen atoms in total. The molecular formula is C132H108BN3Si2. The molecule has 21 aromatic rings. The van der Waals surface area contributed by atoms with Crippen molar-refractivity contribution in [2.45, 2.75) is 78.6 Å². The van der Waals surface area contributed by atoms with Crippen molar-refractivity contribution in [1.82, 2.24) is 4.57 Å². The Morgan fingerprint density at radius 1 is 0.188 bits per heavy atom. The number of benzene rings is 20. The fraction of sp³-hybridized carbons (Fsp3) is 0.0909. The molecule has 1 aromatic heterocycles. The van der Waals surface area contributed by atoms with E-state index in [4.69, 9.17) is 0 Å². The summed E-state index contributed by atoms with van der Waals surface area (Å²) in [5, 5.41) is 12.9. The van der Waals surface area contributed by atoms with Gasteiger partial charge in [0, 0.05) is 50.5 Å². The summed E-state index contributed by atoms with van der Waals surface area (Å²) in [5.74, 6) is 0. The van der Waals surface area contributed by atoms with E-state index in [0.29, 0.717) is 0 Å². The number of hydrogen-bond donors (Lipinski definition) is 0. The molecule has 6 heteroatoms. The summed E-state index contributed by atoms with van der Waals surface area (Å²) in [4.78, 5) is 5.40. The van der Waals surface area contributed by atoms with E-state index in [-0.39, 0.29) is 23.0 Å². The van der Waals surface area contributed by atoms with Gasteiger partial charge in [0.05, 0.1) is 16.7 Å². The van der Waals surface area contributed by atoms with Crippen LogP contribution in [0.3, 0.4) is 0 Å². The molecule has 0 bridgehead atoms. The summed E-state index contributed by atoms with van der Waals surface area (Å²) in [6.45, 7) is 21.0. The van der Waals surface area contributed by atoms with E-state index in [9.17, 15) is 0 Å². The monoisotopic (exact) mass is 1800 g/mol. The van der Waals surface area contributed by atoms with Crippen molar-refractivity contribution in [3.05, 3.63) is 508 Å². The fourth-order valence-corrected chi connectivity index (χ4v) is 32.2. The Bertz CT molecular complexity index is 7760. The molecule has 20 aromatic carbocycles. The molecule has 0 N–H and O–H groups in total. The zero-order valence-corrected chi connectivity index (χ0v) is 81.7. The van der Waals surface area contributed by atoms with Crippen molar-refractivity contribution in [3.63, 3.8) is 0 Å². The van der Waals surface area contributed by atoms with Crippen LogP contribution in [0.25, 0.3) is 105 Å². The molecule has 0 spiro atoms. The topological polar surface area (TPSA) is 11.4 Å². The molecule has 0 unspecified atom stereocenters. The summed E-state index contributed by atoms with van der Waals surface area (Å²) >= 11 is 0. The highest BCUT2D eigenvalue weighted by molar-refractivity contribution is 7.22. The van der Waals surface area contributed by atoms with Crippen molar-refractivity contribution in [2.24, 2.45) is 0 Å². The van der Waals surface area contributed by atoms with Crippen LogP contribution in [0, 0.1) is 0 Å². The Morgan fingerprint density at radius 2 is 0.514 bits per heavy atom. The third-order valence-corrected chi connectivity index (χ3v) is 38.7. The maximum Gasteiger partial charge on any atom is 0.252 e. The molecular weight excluding hydrogens is 1690 g/mol. The van der Waals surface area contributed by atoms with Crippen molar-refractivity contribution in [1.29, 1.82) is 0 Å². The molecule has 662 valence electrons. The highest BCUT2D eigenvalue weighted by atomic mass is 28.3. The maximum atomic E-state index is 2.73. The molecule has 2 aliphatic heterocycles. The van der Waals surface area contributed by atoms with E-state index >= 15 is 0 Å². The second-order valence-electron chi connectivity index (χ2n) is 40.7. The van der Waals surface area contributed by atoms with Crippen LogP contribution < -0.4 is 67.7 Å². The molecule has 3 heterocycles. The van der Waals surface area contributed by atoms with Gasteiger partial charge in [0.1, 0.15) is 0 Å². The average molecular weight is 1800 g/mol. The van der Waals surface area contributed by atoms with Gasteiger partial charge in [-0.05, 0) is 248 Å². The Hall–Kier alpha value is -15.7. The van der Waals surface area contributed by atoms with Gasteiger partial charge in [-0.1, -0.05) is 469 Å². The molecule has 0 saturated carbocycles. The lowest BCUT2D eigenvalue weighted by molar-refractivity contribution is 0.590. The summed E-state index contributed by atoms with van der Waals surface area (Å²) in [6.07, 6.45) is 0. The van der Waals surface area contributed by atoms with Gasteiger partial charge >= 0.3 is 0 Å². The molecule has 23 rings (SSSR count). The Morgan fingerprint density at radius 3 is 0.928 bits per heavy atom. The van der Waals surface area contributed by atoms with Gasteiger partial charge in [-0.15, -0.1) is 0 Å². The molecule has 138 heavy (non-hydrogen) atoms. The van der Waals surface area contributed by atoms with Crippen molar-refractivity contribution >= 4 is 137 Å². The van der Waals surface area contributed by atoms with E-state index in [1.165, 1.54) is 119 Å². The van der Waals surface area contributed by atoms with Gasteiger partial charge in [-0.3, -0.25) is 0 Å². The van der Waals surface area contributed by atoms with Crippen LogP contribution in [0.1, 0.15) is 79.0 Å². The van der Waals surface area contributed by atoms with Gasteiger partial charge < -0.3 is 14.4 Å². The van der Waals surface area contributed by atoms with Gasteiger partial charge in [-0.25, -0.2) is 0 Å². The van der Waals surface area contributed by atoms with E-state index in [0.717, 1.165) is 95.4 Å². The highest BCUT2D eigenvalue weighted by Gasteiger charge is 2.49. The first-order valence-corrected chi connectivity index (χ1v) is 52.7. The SMILES string of the molecule is CC(C)(C)c1cc2c3c(c1)N(c1ccc(-c4ccccc4)cc1-c1ccccc1)c1cc(-c4cc([Si](c5ccccc5)(c5ccccc5)c5cccc(-c6ccccc6)c5)cc([Si](c5ccccc5)(c5ccccc5)c5cccc(-c6ccccc6)c5)c4)ccc1B3c1ccc(-n3c4ccc(C(C)(C)C)cc4c4cc(C(C)(C)C)ccc43)cc1N2c1cc(-c2ccccc2)cc(-c2ccccc2)c1. The van der Waals surface area contributed by atoms with Crippen LogP contribution in [0.2, 0.25) is 0 Å². The third kappa shape index (κ3) is 15.2. The van der Waals surface area contributed by atoms with E-state index in [1.807, 2.05) is 0 Å². The van der Waals surface area contributed by atoms with Crippen LogP contribution in [-0.2, 0) is 16.2 Å². The minimum atomic E-state index is -3.56. The minimum absolute atomic E-state index is 0.0848. The smallest absolute Gasteiger partial charge is 0.252 e. The molecule has 0 saturated heterocycles. The van der Waals surface area contributed by atoms with Crippen LogP contribution in [-0.4, -0.2) is 27.4 Å². The number of fused-ring (bicyclic) bond motifs is 7. The maximum absolute atomic E-state index is 3.56. The largest absolute Gasteiger partial charge is 0.311 e. The van der Waals surface area contributed by atoms with E-state index in [1.54, 1.807) is 0 Å². The number of rotatable bonds is 18. The van der Waals surface area contributed by atoms with Crippen LogP contribution >= 0.6 is 0 Å². The van der Waals surface area contributed by atoms with Crippen LogP contribution in [0.4, 0.5) is 34.1 Å². The van der Waals surface area contributed by atoms with Crippen molar-refractivity contribution in [3.8, 4) is 83.6 Å². The second kappa shape index (κ2) is 34.9. The lowest BCUT2D eigenvalue weighted by Crippen LogP contribution is -2.78. The molecule has 2 aliphatic rings. The zero-order valence-electron chi connectivity index (χ0n) is 79.7. The Kier molecular flexibility index (Phi) is 21.9. The highest BCUT2D eigenvalue weighted by Crippen LogP contribution is 2.52. The third-order valence-electron chi connectivity index (χ3n) is 29.3. The summed E-state index contributed by atoms with van der Waals surface area (Å²) < 4.78 is 2.57. The first kappa shape index (κ1) is 86.4. The summed E-state index contributed by atoms with van der Waals surface area (Å²) in [7, 11) is -7.11. The molecule has 0 aliphatic carbocycles. The lowest BCUT2D eigenvalue weighted by Gasteiger charge is -2.45. The second-order valence-corrected chi connectivity index (χ2v) is 48.3. The predicted molar refractivity (Wildman–Crippen MR) is 596 cm³/mol. The molecule has 0 atom stereocenters. The summed E-state index contributed by atoms with van der Waals surface area (Å²) in [6, 6.07) is 190. The average Bonchev–Trinajstić information content (AvgIpc) is 0.814. The number of hydrogen-bond acceptors (Lipinski definition) is 2. The van der Waals surface area contributed by atoms with Gasteiger partial charge in [0.25, 0.3) is 6.71 Å². The molecule has 0 fully saturated rings. The first-order valence-electron chi connectivity index (χ1n) is 48.7. The Labute approximate surface area is 815 Å². The normalized spacial score (nSPS) is 12.6. The lowest BCUT2D eigenvalue weighted by atomic mass is 9.33. The van der Waals surface area contributed by atoms with Gasteiger partial charge in [-0.2, -0.15) is 0 Å². The number of nitrogens with zero attached hydrogens (tertiary/aromatic N) is 3. The fourth-order valence-electron chi connectivity index (χ4n) is 22.3. The first-order chi connectivity index (χ1) is 67.3. The number of anilines is 6. The van der Waals surface area contributed by atoms with Gasteiger partial charge in [0.2, 0.25) is 0 Å². The standard InChI is InChI=1S/C132H108BN3Si2/c1-130(2,3)104-68-74-123-118(85-104)119-86-105(131(4,5)6)69-75-124(119)134(123)107-70-72-121-126(89-107)135(108-77-101(94-48-26-13-27-49-94)76-102(78-108)95-50-28-14-29-51-95)127-87-106(132(7,8)9)88-128-129(127)133(121)120-71-66-100(84-125(120)136(128)122-73-67-99(93-46-24-12-25-47-93)83-117(122)96-52-30-15-31-53-96)103-81-115(137(109-56-32-16-33-57-109,110-58-34-17-35-59-110)113-64-40-54-97(79-113)91-42-20-10-21-43-91)90-116(82-103)138(111-60-36-18-37-61-111,112-62-38-19-39-63-112)114-65-41-55-98(80-114)92-44-22-11-23-45-92/h10-90H,1-9H3. The van der Waals surface area contributed by atoms with E-state index in [2.05, 4.69) is 568 Å². The zero-order chi connectivity index (χ0) is 93.6. The molecule has 0 radical (unpaired) electrons. The number of aromatic nitrogens is 1. The Balaban J connectivity index is 0.866. The minimum Gasteiger partial charge on any atom is -0.311 e. The van der Waals surface area contributed by atoms with Gasteiger partial charge in [0.15, 0.2) is 16.1 Å².